The summed E-state index contributed by atoms with van der Waals surface area (Å²) in [5.41, 5.74) is 5.09. The van der Waals surface area contributed by atoms with E-state index in [-0.39, 0.29) is 22.9 Å². The van der Waals surface area contributed by atoms with Gasteiger partial charge in [-0.3, -0.25) is 4.79 Å². The van der Waals surface area contributed by atoms with Crippen molar-refractivity contribution in [2.45, 2.75) is 104 Å². The van der Waals surface area contributed by atoms with Crippen LogP contribution in [0.4, 0.5) is 5.69 Å². The van der Waals surface area contributed by atoms with Crippen LogP contribution in [0.5, 0.6) is 5.75 Å². The first-order chi connectivity index (χ1) is 18.6. The van der Waals surface area contributed by atoms with Gasteiger partial charge >= 0.3 is 0 Å². The molecule has 0 atom stereocenters. The molecule has 0 spiro atoms. The Morgan fingerprint density at radius 2 is 1.46 bits per heavy atom. The van der Waals surface area contributed by atoms with Gasteiger partial charge in [0.15, 0.2) is 12.7 Å². The third-order valence-corrected chi connectivity index (χ3v) is 7.76. The minimum absolute atomic E-state index is 0. The number of aryl methyl sites for hydroxylation is 1. The number of unbranched alkanes of at least 4 members (excludes halogenated alkanes) is 11. The van der Waals surface area contributed by atoms with Gasteiger partial charge in [0, 0.05) is 16.8 Å². The molecule has 1 amide bonds. The maximum atomic E-state index is 12.7. The van der Waals surface area contributed by atoms with Crippen molar-refractivity contribution in [2.75, 3.05) is 11.9 Å². The van der Waals surface area contributed by atoms with Crippen molar-refractivity contribution in [1.82, 2.24) is 0 Å². The van der Waals surface area contributed by atoms with E-state index in [2.05, 4.69) is 47.6 Å². The fraction of sp³-hybridized carbons (Fsp3) is 0.515. The number of anilines is 1. The van der Waals surface area contributed by atoms with E-state index in [9.17, 15) is 4.79 Å². The molecule has 0 saturated carbocycles. The zero-order valence-electron chi connectivity index (χ0n) is 23.9. The van der Waals surface area contributed by atoms with Crippen LogP contribution in [-0.2, 0) is 17.8 Å². The van der Waals surface area contributed by atoms with Crippen molar-refractivity contribution < 1.29 is 31.1 Å². The molecule has 0 radical (unpaired) electrons. The summed E-state index contributed by atoms with van der Waals surface area (Å²) in [6, 6.07) is 16.0. The van der Waals surface area contributed by atoms with Crippen LogP contribution in [0, 0.1) is 6.92 Å². The number of rotatable bonds is 19. The first kappa shape index (κ1) is 33.0. The summed E-state index contributed by atoms with van der Waals surface area (Å²) in [4.78, 5) is 14.0. The molecule has 0 unspecified atom stereocenters. The number of amides is 1. The summed E-state index contributed by atoms with van der Waals surface area (Å²) >= 11 is 1.75. The lowest BCUT2D eigenvalue weighted by atomic mass is 10.1. The molecule has 0 bridgehead atoms. The minimum Gasteiger partial charge on any atom is -1.00 e. The Labute approximate surface area is 251 Å². The van der Waals surface area contributed by atoms with Crippen LogP contribution in [0.2, 0.25) is 0 Å². The van der Waals surface area contributed by atoms with E-state index in [4.69, 9.17) is 4.74 Å². The maximum Gasteiger partial charge on any atom is 0.228 e. The molecule has 0 aliphatic rings. The van der Waals surface area contributed by atoms with Crippen LogP contribution >= 0.6 is 11.3 Å². The second-order valence-electron chi connectivity index (χ2n) is 10.4. The van der Waals surface area contributed by atoms with Crippen LogP contribution in [0.1, 0.15) is 100.0 Å². The Bertz CT molecular complexity index is 1070. The van der Waals surface area contributed by atoms with Crippen molar-refractivity contribution in [3.05, 3.63) is 76.2 Å². The van der Waals surface area contributed by atoms with Crippen LogP contribution < -0.4 is 31.6 Å². The lowest BCUT2D eigenvalue weighted by Crippen LogP contribution is -3.00. The molecule has 0 aliphatic heterocycles. The van der Waals surface area contributed by atoms with Gasteiger partial charge in [0.25, 0.3) is 0 Å². The number of hydrogen-bond acceptors (Lipinski definition) is 3. The van der Waals surface area contributed by atoms with Crippen LogP contribution in [0.15, 0.2) is 60.2 Å². The van der Waals surface area contributed by atoms with Gasteiger partial charge < -0.3 is 27.0 Å². The molecule has 214 valence electrons. The van der Waals surface area contributed by atoms with E-state index < -0.39 is 0 Å². The smallest absolute Gasteiger partial charge is 0.228 e. The molecule has 3 aromatic rings. The summed E-state index contributed by atoms with van der Waals surface area (Å²) in [6.07, 6.45) is 18.4. The largest absolute Gasteiger partial charge is 1.00 e. The Kier molecular flexibility index (Phi) is 16.8. The highest BCUT2D eigenvalue weighted by Crippen LogP contribution is 2.20. The van der Waals surface area contributed by atoms with Crippen molar-refractivity contribution in [3.63, 3.8) is 0 Å². The first-order valence-electron chi connectivity index (χ1n) is 14.7. The monoisotopic (exact) mass is 614 g/mol. The number of thiazole rings is 1. The second kappa shape index (κ2) is 19.8. The highest BCUT2D eigenvalue weighted by Gasteiger charge is 2.10. The van der Waals surface area contributed by atoms with Gasteiger partial charge in [-0.15, -0.1) is 0 Å². The number of hydrogen-bond donors (Lipinski definition) is 1. The van der Waals surface area contributed by atoms with Crippen molar-refractivity contribution in [1.29, 1.82) is 0 Å². The number of halogens is 1. The number of benzene rings is 2. The number of nitrogens with zero attached hydrogens (tertiary/aromatic N) is 1. The maximum absolute atomic E-state index is 12.7. The van der Waals surface area contributed by atoms with Gasteiger partial charge in [-0.25, -0.2) is 0 Å². The molecule has 3 rings (SSSR count). The zero-order valence-corrected chi connectivity index (χ0v) is 26.3. The molecule has 0 saturated heterocycles. The van der Waals surface area contributed by atoms with Crippen molar-refractivity contribution in [3.8, 4) is 5.75 Å². The molecule has 1 N–H and O–H groups in total. The van der Waals surface area contributed by atoms with Gasteiger partial charge in [-0.05, 0) is 31.5 Å². The quantitative estimate of drug-likeness (QED) is 0.140. The molecule has 0 fully saturated rings. The fourth-order valence-electron chi connectivity index (χ4n) is 4.73. The summed E-state index contributed by atoms with van der Waals surface area (Å²) < 4.78 is 8.25. The Morgan fingerprint density at radius 3 is 2.08 bits per heavy atom. The van der Waals surface area contributed by atoms with E-state index in [1.165, 1.54) is 81.1 Å². The number of ether oxygens (including phenoxy) is 1. The summed E-state index contributed by atoms with van der Waals surface area (Å²) in [7, 11) is 0. The van der Waals surface area contributed by atoms with Crippen LogP contribution in [0.3, 0.4) is 0 Å². The summed E-state index contributed by atoms with van der Waals surface area (Å²) in [5, 5.41) is 3.03. The highest BCUT2D eigenvalue weighted by molar-refractivity contribution is 7.09. The Balaban J connectivity index is 0.00000533. The summed E-state index contributed by atoms with van der Waals surface area (Å²) in [5.74, 6) is 0.797. The van der Waals surface area contributed by atoms with Crippen LogP contribution in [0.25, 0.3) is 0 Å². The number of aromatic nitrogens is 1. The van der Waals surface area contributed by atoms with Crippen LogP contribution in [-0.4, -0.2) is 12.5 Å². The zero-order chi connectivity index (χ0) is 26.8. The third kappa shape index (κ3) is 13.6. The van der Waals surface area contributed by atoms with E-state index >= 15 is 0 Å². The molecule has 1 aromatic heterocycles. The minimum atomic E-state index is -0.0259. The van der Waals surface area contributed by atoms with Crippen molar-refractivity contribution >= 4 is 22.9 Å². The highest BCUT2D eigenvalue weighted by atomic mass is 79.9. The average molecular weight is 616 g/mol. The van der Waals surface area contributed by atoms with Gasteiger partial charge in [-0.2, -0.15) is 4.57 Å². The number of carbonyl (C=O) groups excluding carboxylic acids is 1. The average Bonchev–Trinajstić information content (AvgIpc) is 3.33. The topological polar surface area (TPSA) is 42.2 Å². The Hall–Kier alpha value is -2.18. The normalized spacial score (nSPS) is 10.7. The number of nitrogens with one attached hydrogen (secondary N) is 1. The van der Waals surface area contributed by atoms with Gasteiger partial charge in [0.2, 0.25) is 11.4 Å². The molecule has 39 heavy (non-hydrogen) atoms. The van der Waals surface area contributed by atoms with Crippen molar-refractivity contribution in [2.24, 2.45) is 0 Å². The first-order valence-corrected chi connectivity index (χ1v) is 15.6. The molecule has 1 heterocycles. The number of carbonyl (C=O) groups is 1. The fourth-order valence-corrected chi connectivity index (χ4v) is 5.36. The number of para-hydroxylation sites is 1. The van der Waals surface area contributed by atoms with E-state index in [0.29, 0.717) is 13.0 Å². The third-order valence-electron chi connectivity index (χ3n) is 6.90. The van der Waals surface area contributed by atoms with Gasteiger partial charge in [-0.1, -0.05) is 119 Å². The lowest BCUT2D eigenvalue weighted by molar-refractivity contribution is -0.683. The standard InChI is InChI=1S/C33H46N2O2S.BrH/c1-3-4-5-6-7-8-9-10-11-12-13-16-23-37-32-18-15-14-17-30(32)24-33(36)34-31-21-19-29(20-22-31)26-35-25-28(2)38-27-35;/h14-15,17-22,25,27H,3-13,16,23-24,26H2,1-2H3;1H. The Morgan fingerprint density at radius 1 is 0.846 bits per heavy atom. The van der Waals surface area contributed by atoms with E-state index in [0.717, 1.165) is 30.0 Å². The lowest BCUT2D eigenvalue weighted by Gasteiger charge is -2.12. The predicted octanol–water partition coefficient (Wildman–Crippen LogP) is 5.66. The molecule has 2 aromatic carbocycles. The molecule has 0 aliphatic carbocycles. The molecule has 4 nitrogen and oxygen atoms in total. The predicted molar refractivity (Wildman–Crippen MR) is 160 cm³/mol. The summed E-state index contributed by atoms with van der Waals surface area (Å²) in [6.45, 7) is 5.93. The van der Waals surface area contributed by atoms with E-state index in [1.807, 2.05) is 36.4 Å². The molecular weight excluding hydrogens is 568 g/mol. The van der Waals surface area contributed by atoms with E-state index in [1.54, 1.807) is 11.3 Å². The molecular formula is C33H47BrN2O2S. The van der Waals surface area contributed by atoms with Gasteiger partial charge in [0.1, 0.15) is 5.75 Å². The molecule has 6 heteroatoms. The second-order valence-corrected chi connectivity index (χ2v) is 11.5. The SMILES string of the molecule is CCCCCCCCCCCCCCOc1ccccc1CC(=O)Nc1ccc(C[n+]2csc(C)c2)cc1.[Br-]. The van der Waals surface area contributed by atoms with Gasteiger partial charge in [0.05, 0.1) is 17.9 Å².